The first-order valence-corrected chi connectivity index (χ1v) is 5.45. The minimum absolute atomic E-state index is 0.646. The molecule has 0 bridgehead atoms. The Labute approximate surface area is 100 Å². The summed E-state index contributed by atoms with van der Waals surface area (Å²) in [6.45, 7) is 2.82. The van der Waals surface area contributed by atoms with Gasteiger partial charge >= 0.3 is 0 Å². The minimum atomic E-state index is 0.646. The Hall–Kier alpha value is -2.12. The zero-order valence-electron chi connectivity index (χ0n) is 9.94. The highest BCUT2D eigenvalue weighted by Gasteiger charge is 2.07. The quantitative estimate of drug-likeness (QED) is 0.867. The van der Waals surface area contributed by atoms with Gasteiger partial charge < -0.3 is 5.32 Å². The molecular formula is C13H14N4. The highest BCUT2D eigenvalue weighted by atomic mass is 15.3. The molecule has 0 saturated carbocycles. The van der Waals surface area contributed by atoms with Crippen molar-refractivity contribution >= 4 is 0 Å². The summed E-state index contributed by atoms with van der Waals surface area (Å²) < 4.78 is 1.85. The van der Waals surface area contributed by atoms with E-state index < -0.39 is 0 Å². The van der Waals surface area contributed by atoms with E-state index in [1.54, 1.807) is 6.07 Å². The molecule has 4 heteroatoms. The van der Waals surface area contributed by atoms with Crippen molar-refractivity contribution in [3.8, 4) is 11.8 Å². The molecule has 1 heterocycles. The lowest BCUT2D eigenvalue weighted by Gasteiger charge is -2.05. The molecule has 0 amide bonds. The Morgan fingerprint density at radius 3 is 3.00 bits per heavy atom. The molecule has 1 aromatic carbocycles. The van der Waals surface area contributed by atoms with E-state index in [-0.39, 0.29) is 0 Å². The molecule has 0 atom stereocenters. The highest BCUT2D eigenvalue weighted by Crippen LogP contribution is 2.15. The van der Waals surface area contributed by atoms with Crippen LogP contribution in [0.5, 0.6) is 0 Å². The van der Waals surface area contributed by atoms with E-state index in [4.69, 9.17) is 5.26 Å². The molecule has 1 aromatic heterocycles. The normalized spacial score (nSPS) is 10.2. The smallest absolute Gasteiger partial charge is 0.0992 e. The van der Waals surface area contributed by atoms with E-state index in [0.717, 1.165) is 23.5 Å². The maximum Gasteiger partial charge on any atom is 0.0992 e. The van der Waals surface area contributed by atoms with Crippen LogP contribution < -0.4 is 5.32 Å². The fraction of sp³-hybridized carbons (Fsp3) is 0.231. The molecule has 0 fully saturated rings. The molecule has 2 rings (SSSR count). The Morgan fingerprint density at radius 2 is 2.29 bits per heavy atom. The largest absolute Gasteiger partial charge is 0.316 e. The van der Waals surface area contributed by atoms with Crippen LogP contribution in [0.4, 0.5) is 0 Å². The van der Waals surface area contributed by atoms with Gasteiger partial charge in [0.25, 0.3) is 0 Å². The second-order valence-electron chi connectivity index (χ2n) is 3.86. The number of hydrogen-bond acceptors (Lipinski definition) is 3. The lowest BCUT2D eigenvalue weighted by atomic mass is 10.2. The summed E-state index contributed by atoms with van der Waals surface area (Å²) in [5.41, 5.74) is 3.82. The third-order valence-corrected chi connectivity index (χ3v) is 2.70. The summed E-state index contributed by atoms with van der Waals surface area (Å²) in [5.74, 6) is 0. The van der Waals surface area contributed by atoms with Crippen molar-refractivity contribution in [2.45, 2.75) is 13.5 Å². The van der Waals surface area contributed by atoms with Crippen LogP contribution in [0.25, 0.3) is 5.69 Å². The molecule has 0 radical (unpaired) electrons. The minimum Gasteiger partial charge on any atom is -0.316 e. The van der Waals surface area contributed by atoms with Crippen LogP contribution in [0.3, 0.4) is 0 Å². The van der Waals surface area contributed by atoms with Crippen molar-refractivity contribution in [1.29, 1.82) is 5.26 Å². The van der Waals surface area contributed by atoms with Gasteiger partial charge in [-0.25, -0.2) is 4.68 Å². The van der Waals surface area contributed by atoms with Crippen molar-refractivity contribution in [3.63, 3.8) is 0 Å². The van der Waals surface area contributed by atoms with Crippen molar-refractivity contribution in [3.05, 3.63) is 47.3 Å². The molecule has 0 aliphatic carbocycles. The maximum absolute atomic E-state index is 8.88. The number of hydrogen-bond donors (Lipinski definition) is 1. The van der Waals surface area contributed by atoms with E-state index in [0.29, 0.717) is 5.56 Å². The number of rotatable bonds is 3. The summed E-state index contributed by atoms with van der Waals surface area (Å²) in [4.78, 5) is 0. The average molecular weight is 226 g/mol. The summed E-state index contributed by atoms with van der Waals surface area (Å²) in [7, 11) is 1.91. The van der Waals surface area contributed by atoms with Gasteiger partial charge in [-0.2, -0.15) is 10.4 Å². The van der Waals surface area contributed by atoms with Gasteiger partial charge in [0.1, 0.15) is 0 Å². The number of nitrogens with zero attached hydrogens (tertiary/aromatic N) is 3. The molecular weight excluding hydrogens is 212 g/mol. The monoisotopic (exact) mass is 226 g/mol. The van der Waals surface area contributed by atoms with E-state index >= 15 is 0 Å². The molecule has 17 heavy (non-hydrogen) atoms. The van der Waals surface area contributed by atoms with Gasteiger partial charge in [0.05, 0.1) is 23.5 Å². The van der Waals surface area contributed by atoms with E-state index in [2.05, 4.69) is 16.5 Å². The highest BCUT2D eigenvalue weighted by molar-refractivity contribution is 5.42. The van der Waals surface area contributed by atoms with Crippen LogP contribution >= 0.6 is 0 Å². The topological polar surface area (TPSA) is 53.6 Å². The number of aromatic nitrogens is 2. The number of benzene rings is 1. The summed E-state index contributed by atoms with van der Waals surface area (Å²) >= 11 is 0. The Bertz CT molecular complexity index is 563. The zero-order valence-corrected chi connectivity index (χ0v) is 9.94. The lowest BCUT2D eigenvalue weighted by Crippen LogP contribution is -2.06. The van der Waals surface area contributed by atoms with Gasteiger partial charge in [0, 0.05) is 17.8 Å². The van der Waals surface area contributed by atoms with E-state index in [1.807, 2.05) is 43.0 Å². The molecule has 0 spiro atoms. The van der Waals surface area contributed by atoms with E-state index in [9.17, 15) is 0 Å². The predicted octanol–water partition coefficient (Wildman–Crippen LogP) is 1.77. The average Bonchev–Trinajstić information content (AvgIpc) is 2.72. The van der Waals surface area contributed by atoms with Crippen molar-refractivity contribution < 1.29 is 0 Å². The molecule has 0 aliphatic rings. The third kappa shape index (κ3) is 2.19. The van der Waals surface area contributed by atoms with Gasteiger partial charge in [0.15, 0.2) is 0 Å². The molecule has 2 aromatic rings. The summed E-state index contributed by atoms with van der Waals surface area (Å²) in [6.07, 6.45) is 1.85. The Kier molecular flexibility index (Phi) is 3.22. The van der Waals surface area contributed by atoms with Gasteiger partial charge in [-0.1, -0.05) is 6.07 Å². The van der Waals surface area contributed by atoms with Crippen LogP contribution in [0.1, 0.15) is 16.8 Å². The van der Waals surface area contributed by atoms with Crippen molar-refractivity contribution in [2.75, 3.05) is 7.05 Å². The van der Waals surface area contributed by atoms with E-state index in [1.165, 1.54) is 0 Å². The maximum atomic E-state index is 8.88. The standard InChI is InChI=1S/C13H14N4/c1-10-12(8-15-2)9-16-17(10)13-5-3-4-11(6-13)7-14/h3-6,9,15H,8H2,1-2H3. The molecule has 0 unspecified atom stereocenters. The fourth-order valence-electron chi connectivity index (χ4n) is 1.78. The van der Waals surface area contributed by atoms with Crippen LogP contribution in [0.15, 0.2) is 30.5 Å². The molecule has 1 N–H and O–H groups in total. The van der Waals surface area contributed by atoms with Crippen molar-refractivity contribution in [2.24, 2.45) is 0 Å². The fourth-order valence-corrected chi connectivity index (χ4v) is 1.78. The first-order chi connectivity index (χ1) is 8.26. The first-order valence-electron chi connectivity index (χ1n) is 5.45. The molecule has 86 valence electrons. The first kappa shape index (κ1) is 11.4. The van der Waals surface area contributed by atoms with Gasteiger partial charge in [-0.15, -0.1) is 0 Å². The molecule has 4 nitrogen and oxygen atoms in total. The van der Waals surface area contributed by atoms with Gasteiger partial charge in [-0.3, -0.25) is 0 Å². The molecule has 0 saturated heterocycles. The second kappa shape index (κ2) is 4.81. The Balaban J connectivity index is 2.43. The SMILES string of the molecule is CNCc1cnn(-c2cccc(C#N)c2)c1C. The predicted molar refractivity (Wildman–Crippen MR) is 65.8 cm³/mol. The van der Waals surface area contributed by atoms with Gasteiger partial charge in [-0.05, 0) is 32.2 Å². The third-order valence-electron chi connectivity index (χ3n) is 2.70. The lowest BCUT2D eigenvalue weighted by molar-refractivity contribution is 0.801. The van der Waals surface area contributed by atoms with Crippen LogP contribution in [-0.2, 0) is 6.54 Å². The summed E-state index contributed by atoms with van der Waals surface area (Å²) in [5, 5.41) is 16.3. The Morgan fingerprint density at radius 1 is 1.47 bits per heavy atom. The van der Waals surface area contributed by atoms with Crippen LogP contribution in [0.2, 0.25) is 0 Å². The summed E-state index contributed by atoms with van der Waals surface area (Å²) in [6, 6.07) is 9.58. The van der Waals surface area contributed by atoms with Crippen LogP contribution in [0, 0.1) is 18.3 Å². The van der Waals surface area contributed by atoms with Crippen LogP contribution in [-0.4, -0.2) is 16.8 Å². The number of nitriles is 1. The molecule has 0 aliphatic heterocycles. The number of nitrogens with one attached hydrogen (secondary N) is 1. The second-order valence-corrected chi connectivity index (χ2v) is 3.86. The van der Waals surface area contributed by atoms with Gasteiger partial charge in [0.2, 0.25) is 0 Å². The zero-order chi connectivity index (χ0) is 12.3. The van der Waals surface area contributed by atoms with Crippen molar-refractivity contribution in [1.82, 2.24) is 15.1 Å².